The highest BCUT2D eigenvalue weighted by atomic mass is 35.5. The SMILES string of the molecule is Cl.O=C=Nc1cc2c(cc1F)OCC(=O)N2Cc1ccccn1. The molecule has 1 amide bonds. The van der Waals surface area contributed by atoms with E-state index in [4.69, 9.17) is 4.74 Å². The van der Waals surface area contributed by atoms with E-state index < -0.39 is 5.82 Å². The molecular weight excluding hydrogens is 325 g/mol. The van der Waals surface area contributed by atoms with Gasteiger partial charge in [0.05, 0.1) is 17.9 Å². The molecule has 0 unspecified atom stereocenters. The van der Waals surface area contributed by atoms with E-state index in [1.807, 2.05) is 0 Å². The van der Waals surface area contributed by atoms with Gasteiger partial charge < -0.3 is 4.74 Å². The fraction of sp³-hybridized carbons (Fsp3) is 0.133. The molecule has 118 valence electrons. The fourth-order valence-electron chi connectivity index (χ4n) is 2.17. The number of hydrogen-bond donors (Lipinski definition) is 0. The largest absolute Gasteiger partial charge is 0.481 e. The van der Waals surface area contributed by atoms with Crippen LogP contribution < -0.4 is 9.64 Å². The van der Waals surface area contributed by atoms with Crippen molar-refractivity contribution in [2.24, 2.45) is 4.99 Å². The molecule has 1 aliphatic heterocycles. The monoisotopic (exact) mass is 335 g/mol. The number of benzene rings is 1. The minimum absolute atomic E-state index is 0. The van der Waals surface area contributed by atoms with Crippen molar-refractivity contribution in [1.29, 1.82) is 0 Å². The summed E-state index contributed by atoms with van der Waals surface area (Å²) in [5.41, 5.74) is 0.823. The number of isocyanates is 1. The van der Waals surface area contributed by atoms with Gasteiger partial charge in [0.2, 0.25) is 6.08 Å². The van der Waals surface area contributed by atoms with Gasteiger partial charge in [-0.3, -0.25) is 14.7 Å². The van der Waals surface area contributed by atoms with Gasteiger partial charge in [0.1, 0.15) is 11.4 Å². The summed E-state index contributed by atoms with van der Waals surface area (Å²) in [6.45, 7) is 0.0292. The van der Waals surface area contributed by atoms with Gasteiger partial charge in [-0.1, -0.05) is 6.07 Å². The second kappa shape index (κ2) is 7.00. The summed E-state index contributed by atoms with van der Waals surface area (Å²) >= 11 is 0. The first-order chi connectivity index (χ1) is 10.7. The van der Waals surface area contributed by atoms with Crippen LogP contribution in [0.2, 0.25) is 0 Å². The number of rotatable bonds is 3. The van der Waals surface area contributed by atoms with E-state index in [1.54, 1.807) is 24.4 Å². The molecule has 0 N–H and O–H groups in total. The average molecular weight is 336 g/mol. The van der Waals surface area contributed by atoms with Crippen molar-refractivity contribution < 1.29 is 18.7 Å². The van der Waals surface area contributed by atoms with Crippen LogP contribution in [-0.4, -0.2) is 23.6 Å². The van der Waals surface area contributed by atoms with Gasteiger partial charge in [0, 0.05) is 12.3 Å². The van der Waals surface area contributed by atoms with E-state index >= 15 is 0 Å². The number of halogens is 2. The van der Waals surface area contributed by atoms with Gasteiger partial charge in [-0.25, -0.2) is 9.18 Å². The molecule has 0 fully saturated rings. The highest BCUT2D eigenvalue weighted by molar-refractivity contribution is 5.98. The minimum atomic E-state index is -0.714. The first-order valence-electron chi connectivity index (χ1n) is 6.43. The number of nitrogens with zero attached hydrogens (tertiary/aromatic N) is 3. The minimum Gasteiger partial charge on any atom is -0.481 e. The van der Waals surface area contributed by atoms with Crippen molar-refractivity contribution in [3.8, 4) is 5.75 Å². The summed E-state index contributed by atoms with van der Waals surface area (Å²) < 4.78 is 19.0. The van der Waals surface area contributed by atoms with Gasteiger partial charge >= 0.3 is 0 Å². The van der Waals surface area contributed by atoms with E-state index in [0.717, 1.165) is 6.07 Å². The summed E-state index contributed by atoms with van der Waals surface area (Å²) in [5, 5.41) is 0. The zero-order chi connectivity index (χ0) is 15.5. The molecule has 0 bridgehead atoms. The topological polar surface area (TPSA) is 71.9 Å². The van der Waals surface area contributed by atoms with Crippen LogP contribution in [0.15, 0.2) is 41.5 Å². The normalized spacial score (nSPS) is 12.6. The van der Waals surface area contributed by atoms with E-state index in [0.29, 0.717) is 11.4 Å². The molecule has 0 radical (unpaired) electrons. The van der Waals surface area contributed by atoms with Gasteiger partial charge in [-0.05, 0) is 18.2 Å². The average Bonchev–Trinajstić information content (AvgIpc) is 2.53. The maximum Gasteiger partial charge on any atom is 0.265 e. The highest BCUT2D eigenvalue weighted by Gasteiger charge is 2.27. The molecule has 0 atom stereocenters. The third kappa shape index (κ3) is 3.36. The molecule has 23 heavy (non-hydrogen) atoms. The third-order valence-electron chi connectivity index (χ3n) is 3.18. The van der Waals surface area contributed by atoms with Crippen LogP contribution in [-0.2, 0) is 16.1 Å². The number of carbonyl (C=O) groups excluding carboxylic acids is 2. The van der Waals surface area contributed by atoms with E-state index in [1.165, 1.54) is 17.0 Å². The Kier molecular flexibility index (Phi) is 5.05. The van der Waals surface area contributed by atoms with Crippen molar-refractivity contribution in [3.05, 3.63) is 48.0 Å². The summed E-state index contributed by atoms with van der Waals surface area (Å²) in [5.74, 6) is -0.780. The maximum absolute atomic E-state index is 13.7. The molecule has 1 aromatic carbocycles. The summed E-state index contributed by atoms with van der Waals surface area (Å²) in [4.78, 5) is 31.3. The number of anilines is 1. The molecule has 1 aliphatic rings. The van der Waals surface area contributed by atoms with Crippen LogP contribution in [0, 0.1) is 5.82 Å². The number of carbonyl (C=O) groups is 1. The number of aromatic nitrogens is 1. The number of hydrogen-bond acceptors (Lipinski definition) is 5. The maximum atomic E-state index is 13.7. The van der Waals surface area contributed by atoms with Crippen LogP contribution in [0.4, 0.5) is 15.8 Å². The zero-order valence-corrected chi connectivity index (χ0v) is 12.5. The summed E-state index contributed by atoms with van der Waals surface area (Å²) in [6, 6.07) is 7.74. The number of ether oxygens (including phenoxy) is 1. The van der Waals surface area contributed by atoms with Crippen LogP contribution in [0.25, 0.3) is 0 Å². The second-order valence-electron chi connectivity index (χ2n) is 4.56. The van der Waals surface area contributed by atoms with Gasteiger partial charge in [-0.2, -0.15) is 4.99 Å². The smallest absolute Gasteiger partial charge is 0.265 e. The fourth-order valence-corrected chi connectivity index (χ4v) is 2.17. The Balaban J connectivity index is 0.00000192. The van der Waals surface area contributed by atoms with E-state index in [2.05, 4.69) is 9.98 Å². The lowest BCUT2D eigenvalue weighted by Gasteiger charge is -2.29. The van der Waals surface area contributed by atoms with Crippen molar-refractivity contribution in [3.63, 3.8) is 0 Å². The van der Waals surface area contributed by atoms with E-state index in [-0.39, 0.29) is 42.9 Å². The number of fused-ring (bicyclic) bond motifs is 1. The molecule has 0 saturated heterocycles. The van der Waals surface area contributed by atoms with E-state index in [9.17, 15) is 14.0 Å². The number of aliphatic imine (C=N–C) groups is 1. The first kappa shape index (κ1) is 16.6. The second-order valence-corrected chi connectivity index (χ2v) is 4.56. The Morgan fingerprint density at radius 2 is 2.22 bits per heavy atom. The predicted molar refractivity (Wildman–Crippen MR) is 82.4 cm³/mol. The van der Waals surface area contributed by atoms with Crippen molar-refractivity contribution in [2.45, 2.75) is 6.54 Å². The third-order valence-corrected chi connectivity index (χ3v) is 3.18. The zero-order valence-electron chi connectivity index (χ0n) is 11.7. The van der Waals surface area contributed by atoms with Crippen LogP contribution in [0.5, 0.6) is 5.75 Å². The molecule has 2 heterocycles. The standard InChI is InChI=1S/C15H10FN3O3.ClH/c16-11-5-14-13(6-12(11)18-9-20)19(15(21)8-22-14)7-10-3-1-2-4-17-10;/h1-6H,7-8H2;1H. The van der Waals surface area contributed by atoms with Gasteiger partial charge in [-0.15, -0.1) is 12.4 Å². The lowest BCUT2D eigenvalue weighted by Crippen LogP contribution is -2.38. The predicted octanol–water partition coefficient (Wildman–Crippen LogP) is 2.54. The van der Waals surface area contributed by atoms with Crippen molar-refractivity contribution in [1.82, 2.24) is 4.98 Å². The Hall–Kier alpha value is -2.76. The van der Waals surface area contributed by atoms with Crippen molar-refractivity contribution in [2.75, 3.05) is 11.5 Å². The summed E-state index contributed by atoms with van der Waals surface area (Å²) in [6.07, 6.45) is 2.90. The van der Waals surface area contributed by atoms with Crippen LogP contribution >= 0.6 is 12.4 Å². The highest BCUT2D eigenvalue weighted by Crippen LogP contribution is 2.37. The lowest BCUT2D eigenvalue weighted by atomic mass is 10.2. The molecule has 1 aromatic heterocycles. The quantitative estimate of drug-likeness (QED) is 0.638. The lowest BCUT2D eigenvalue weighted by molar-refractivity contribution is -0.121. The molecule has 0 spiro atoms. The van der Waals surface area contributed by atoms with Crippen LogP contribution in [0.3, 0.4) is 0 Å². The molecular formula is C15H11ClFN3O3. The molecule has 0 saturated carbocycles. The molecule has 3 rings (SSSR count). The van der Waals surface area contributed by atoms with Crippen LogP contribution in [0.1, 0.15) is 5.69 Å². The molecule has 2 aromatic rings. The van der Waals surface area contributed by atoms with Gasteiger partial charge in [0.15, 0.2) is 12.4 Å². The molecule has 6 nitrogen and oxygen atoms in total. The Bertz CT molecular complexity index is 779. The Morgan fingerprint density at radius 3 is 2.91 bits per heavy atom. The molecule has 8 heteroatoms. The first-order valence-corrected chi connectivity index (χ1v) is 6.43. The van der Waals surface area contributed by atoms with Gasteiger partial charge in [0.25, 0.3) is 5.91 Å². The summed E-state index contributed by atoms with van der Waals surface area (Å²) in [7, 11) is 0. The Morgan fingerprint density at radius 1 is 1.39 bits per heavy atom. The molecule has 0 aliphatic carbocycles. The Labute approximate surface area is 137 Å². The van der Waals surface area contributed by atoms with Crippen molar-refractivity contribution >= 4 is 35.8 Å². The number of pyridine rings is 1. The number of amides is 1.